The Labute approximate surface area is 544 Å². The number of para-hydroxylation sites is 3. The van der Waals surface area contributed by atoms with Gasteiger partial charge in [-0.1, -0.05) is 255 Å². The van der Waals surface area contributed by atoms with Crippen LogP contribution in [0.15, 0.2) is 364 Å². The van der Waals surface area contributed by atoms with Crippen LogP contribution in [-0.2, 0) is 0 Å². The highest BCUT2D eigenvalue weighted by Gasteiger charge is 2.24. The fourth-order valence-electron chi connectivity index (χ4n) is 14.8. The Morgan fingerprint density at radius 1 is 0.128 bits per heavy atom. The Kier molecular flexibility index (Phi) is 13.2. The maximum absolute atomic E-state index is 2.44. The van der Waals surface area contributed by atoms with Crippen molar-refractivity contribution in [1.82, 2.24) is 18.3 Å². The van der Waals surface area contributed by atoms with E-state index in [0.717, 1.165) is 17.1 Å². The summed E-state index contributed by atoms with van der Waals surface area (Å²) in [7, 11) is 0. The first-order chi connectivity index (χ1) is 46.7. The summed E-state index contributed by atoms with van der Waals surface area (Å²) in [5, 5.41) is 10.1. The molecule has 0 radical (unpaired) electrons. The van der Waals surface area contributed by atoms with Gasteiger partial charge in [0.05, 0.1) is 44.1 Å². The average Bonchev–Trinajstić information content (AvgIpc) is 1.55. The quantitative estimate of drug-likeness (QED) is 0.137. The van der Waals surface area contributed by atoms with Gasteiger partial charge in [0.2, 0.25) is 0 Å². The molecule has 4 aromatic heterocycles. The predicted molar refractivity (Wildman–Crippen MR) is 397 cm³/mol. The fourth-order valence-corrected chi connectivity index (χ4v) is 14.8. The largest absolute Gasteiger partial charge is 0.309 e. The molecule has 0 aliphatic heterocycles. The summed E-state index contributed by atoms with van der Waals surface area (Å²) < 4.78 is 9.73. The minimum Gasteiger partial charge on any atom is -0.309 e. The Morgan fingerprint density at radius 2 is 0.362 bits per heavy atom. The minimum absolute atomic E-state index is 1.15. The topological polar surface area (TPSA) is 19.7 Å². The number of benzene rings is 15. The molecule has 0 saturated carbocycles. The molecule has 0 fully saturated rings. The Bertz CT molecular complexity index is 6040. The molecule has 4 heterocycles. The number of hydrogen-bond donors (Lipinski definition) is 0. The molecular formula is C90H60N4. The van der Waals surface area contributed by atoms with E-state index in [-0.39, 0.29) is 0 Å². The van der Waals surface area contributed by atoms with E-state index in [4.69, 9.17) is 0 Å². The molecule has 0 aliphatic rings. The Hall–Kier alpha value is -12.5. The van der Waals surface area contributed by atoms with Crippen LogP contribution in [0.4, 0.5) is 0 Å². The average molecular weight is 1200 g/mol. The van der Waals surface area contributed by atoms with Crippen molar-refractivity contribution in [3.63, 3.8) is 0 Å². The number of rotatable bonds is 9. The summed E-state index contributed by atoms with van der Waals surface area (Å²) >= 11 is 0. The lowest BCUT2D eigenvalue weighted by Crippen LogP contribution is -1.95. The van der Waals surface area contributed by atoms with Gasteiger partial charge in [0.15, 0.2) is 0 Å². The third-order valence-electron chi connectivity index (χ3n) is 19.0. The Morgan fingerprint density at radius 3 is 0.745 bits per heavy atom. The zero-order chi connectivity index (χ0) is 62.1. The summed E-state index contributed by atoms with van der Waals surface area (Å²) in [6, 6.07) is 132. The molecule has 94 heavy (non-hydrogen) atoms. The first-order valence-corrected chi connectivity index (χ1v) is 32.3. The van der Waals surface area contributed by atoms with Crippen LogP contribution in [0.5, 0.6) is 0 Å². The van der Waals surface area contributed by atoms with Gasteiger partial charge in [-0.05, 0) is 165 Å². The third kappa shape index (κ3) is 9.14. The summed E-state index contributed by atoms with van der Waals surface area (Å²) in [5.74, 6) is 0. The van der Waals surface area contributed by atoms with Crippen molar-refractivity contribution in [1.29, 1.82) is 0 Å². The van der Waals surface area contributed by atoms with Crippen molar-refractivity contribution >= 4 is 87.2 Å². The van der Waals surface area contributed by atoms with Gasteiger partial charge < -0.3 is 18.3 Å². The molecule has 440 valence electrons. The molecule has 0 atom stereocenters. The molecule has 4 nitrogen and oxygen atoms in total. The van der Waals surface area contributed by atoms with E-state index in [1.165, 1.54) is 149 Å². The number of fused-ring (bicyclic) bond motifs is 14. The molecule has 0 unspecified atom stereocenters. The van der Waals surface area contributed by atoms with Gasteiger partial charge in [0.1, 0.15) is 0 Å². The van der Waals surface area contributed by atoms with Crippen molar-refractivity contribution in [2.24, 2.45) is 0 Å². The number of hydrogen-bond acceptors (Lipinski definition) is 0. The van der Waals surface area contributed by atoms with E-state index < -0.39 is 0 Å². The maximum Gasteiger partial charge on any atom is 0.0548 e. The van der Waals surface area contributed by atoms with Crippen LogP contribution >= 0.6 is 0 Å². The Balaban J connectivity index is 0.000000139. The maximum atomic E-state index is 2.44. The molecule has 0 spiro atoms. The van der Waals surface area contributed by atoms with Crippen LogP contribution in [0, 0.1) is 0 Å². The highest BCUT2D eigenvalue weighted by molar-refractivity contribution is 6.30. The zero-order valence-electron chi connectivity index (χ0n) is 51.4. The van der Waals surface area contributed by atoms with Gasteiger partial charge in [0, 0.05) is 65.8 Å². The van der Waals surface area contributed by atoms with E-state index in [1.54, 1.807) is 0 Å². The van der Waals surface area contributed by atoms with Crippen LogP contribution in [0.3, 0.4) is 0 Å². The second kappa shape index (κ2) is 22.8. The van der Waals surface area contributed by atoms with E-state index in [0.29, 0.717) is 0 Å². The van der Waals surface area contributed by atoms with E-state index in [2.05, 4.69) is 382 Å². The number of nitrogens with zero attached hydrogens (tertiary/aromatic N) is 4. The van der Waals surface area contributed by atoms with Crippen molar-refractivity contribution in [2.75, 3.05) is 0 Å². The molecular weight excluding hydrogens is 1140 g/mol. The minimum atomic E-state index is 1.15. The van der Waals surface area contributed by atoms with Crippen molar-refractivity contribution in [3.8, 4) is 78.4 Å². The van der Waals surface area contributed by atoms with Crippen LogP contribution in [-0.4, -0.2) is 18.3 Å². The summed E-state index contributed by atoms with van der Waals surface area (Å²) in [4.78, 5) is 0. The molecule has 0 bridgehead atoms. The van der Waals surface area contributed by atoms with Gasteiger partial charge in [-0.2, -0.15) is 0 Å². The van der Waals surface area contributed by atoms with Crippen LogP contribution < -0.4 is 0 Å². The monoisotopic (exact) mass is 1200 g/mol. The van der Waals surface area contributed by atoms with Crippen molar-refractivity contribution < 1.29 is 0 Å². The second-order valence-corrected chi connectivity index (χ2v) is 24.4. The standard InChI is InChI=1S/C48H32N2.C42H28N2/c1-4-13-33(14-5-1)36-23-26-39(27-24-36)49-44-28-25-38(35-17-8-3-9-18-35)32-42(44)48-46(49)30-29-45-47(48)41-21-10-11-22-43(41)50(45)40-20-12-19-37(31-40)34-15-6-2-7-16-34;1-4-13-29(14-5-1)31-17-12-20-34(27-31)44-37-22-11-10-21-35(37)41-39(44)25-26-40-42(41)36-28-32(30-15-6-2-7-16-30)23-24-38(36)43(40)33-18-8-3-9-19-33/h1-32H;1-28H. The van der Waals surface area contributed by atoms with Gasteiger partial charge in [-0.25, -0.2) is 0 Å². The van der Waals surface area contributed by atoms with Crippen molar-refractivity contribution in [3.05, 3.63) is 364 Å². The van der Waals surface area contributed by atoms with Crippen LogP contribution in [0.25, 0.3) is 166 Å². The third-order valence-corrected chi connectivity index (χ3v) is 19.0. The molecule has 4 heteroatoms. The highest BCUT2D eigenvalue weighted by atomic mass is 15.0. The van der Waals surface area contributed by atoms with Gasteiger partial charge in [0.25, 0.3) is 0 Å². The number of aromatic nitrogens is 4. The molecule has 0 amide bonds. The summed E-state index contributed by atoms with van der Waals surface area (Å²) in [6.45, 7) is 0. The second-order valence-electron chi connectivity index (χ2n) is 24.4. The molecule has 19 rings (SSSR count). The summed E-state index contributed by atoms with van der Waals surface area (Å²) in [5.41, 5.74) is 26.4. The lowest BCUT2D eigenvalue weighted by atomic mass is 10.0. The zero-order valence-corrected chi connectivity index (χ0v) is 51.4. The first kappa shape index (κ1) is 54.4. The van der Waals surface area contributed by atoms with E-state index in [9.17, 15) is 0 Å². The SMILES string of the molecule is c1ccc(-c2ccc(-n3c4ccc(-c5ccccc5)cc4c4c5c6ccccc6n(-c6cccc(-c7ccccc7)c6)c5ccc43)cc2)cc1.c1ccc(-c2cccc(-n3c4ccccc4c4c5c6cc(-c7ccccc7)ccc6n(-c6ccccc6)c5ccc43)c2)cc1. The molecule has 0 saturated heterocycles. The molecule has 19 aromatic rings. The molecule has 15 aromatic carbocycles. The van der Waals surface area contributed by atoms with Crippen molar-refractivity contribution in [2.45, 2.75) is 0 Å². The first-order valence-electron chi connectivity index (χ1n) is 32.3. The van der Waals surface area contributed by atoms with Gasteiger partial charge >= 0.3 is 0 Å². The van der Waals surface area contributed by atoms with E-state index in [1.807, 2.05) is 0 Å². The molecule has 0 N–H and O–H groups in total. The predicted octanol–water partition coefficient (Wildman–Crippen LogP) is 24.1. The molecule has 0 aliphatic carbocycles. The van der Waals surface area contributed by atoms with Crippen LogP contribution in [0.1, 0.15) is 0 Å². The normalized spacial score (nSPS) is 11.6. The lowest BCUT2D eigenvalue weighted by Gasteiger charge is -2.11. The smallest absolute Gasteiger partial charge is 0.0548 e. The summed E-state index contributed by atoms with van der Waals surface area (Å²) in [6.07, 6.45) is 0. The van der Waals surface area contributed by atoms with Crippen LogP contribution in [0.2, 0.25) is 0 Å². The van der Waals surface area contributed by atoms with Gasteiger partial charge in [-0.15, -0.1) is 0 Å². The van der Waals surface area contributed by atoms with Gasteiger partial charge in [-0.3, -0.25) is 0 Å². The fraction of sp³-hybridized carbons (Fsp3) is 0. The van der Waals surface area contributed by atoms with E-state index >= 15 is 0 Å². The lowest BCUT2D eigenvalue weighted by molar-refractivity contribution is 1.17. The highest BCUT2D eigenvalue weighted by Crippen LogP contribution is 2.46.